The second-order valence-electron chi connectivity index (χ2n) is 7.90. The van der Waals surface area contributed by atoms with Crippen LogP contribution in [0.3, 0.4) is 0 Å². The second-order valence-corrected chi connectivity index (χ2v) is 8.76. The number of amides is 1. The standard InChI is InChI=1S/C27H20FN3O3S/c1-17(25(32)30-20-11-13-22(14-12-20)34-21-5-3-2-4-6-21)31-16-29-26-24(27(31)33)23(15-35-26)18-7-9-19(28)10-8-18/h2-17H,1H3,(H,30,32). The molecule has 2 aromatic heterocycles. The molecule has 5 aromatic rings. The Morgan fingerprint density at radius 1 is 1.00 bits per heavy atom. The maximum Gasteiger partial charge on any atom is 0.263 e. The van der Waals surface area contributed by atoms with Gasteiger partial charge in [0.2, 0.25) is 5.91 Å². The SMILES string of the molecule is CC(C(=O)Nc1ccc(Oc2ccccc2)cc1)n1cnc2scc(-c3ccc(F)cc3)c2c1=O. The average molecular weight is 486 g/mol. The Kier molecular flexibility index (Phi) is 6.12. The molecule has 3 aromatic carbocycles. The van der Waals surface area contributed by atoms with Gasteiger partial charge in [-0.05, 0) is 61.0 Å². The van der Waals surface area contributed by atoms with Crippen LogP contribution in [0.4, 0.5) is 10.1 Å². The summed E-state index contributed by atoms with van der Waals surface area (Å²) in [5.41, 5.74) is 1.62. The number of halogens is 1. The van der Waals surface area contributed by atoms with Crippen LogP contribution < -0.4 is 15.6 Å². The van der Waals surface area contributed by atoms with Crippen molar-refractivity contribution in [2.24, 2.45) is 0 Å². The third kappa shape index (κ3) is 4.69. The monoisotopic (exact) mass is 485 g/mol. The molecular formula is C27H20FN3O3S. The Morgan fingerprint density at radius 3 is 2.40 bits per heavy atom. The van der Waals surface area contributed by atoms with Gasteiger partial charge in [-0.2, -0.15) is 0 Å². The average Bonchev–Trinajstić information content (AvgIpc) is 3.31. The molecule has 1 unspecified atom stereocenters. The Hall–Kier alpha value is -4.30. The first-order valence-corrected chi connectivity index (χ1v) is 11.8. The third-order valence-corrected chi connectivity index (χ3v) is 6.46. The van der Waals surface area contributed by atoms with Crippen LogP contribution in [0.25, 0.3) is 21.3 Å². The molecule has 2 heterocycles. The lowest BCUT2D eigenvalue weighted by molar-refractivity contribution is -0.118. The van der Waals surface area contributed by atoms with Crippen molar-refractivity contribution >= 4 is 33.1 Å². The number of anilines is 1. The zero-order chi connectivity index (χ0) is 24.4. The summed E-state index contributed by atoms with van der Waals surface area (Å²) < 4.78 is 20.4. The highest BCUT2D eigenvalue weighted by atomic mass is 32.1. The molecule has 0 aliphatic rings. The third-order valence-electron chi connectivity index (χ3n) is 5.57. The van der Waals surface area contributed by atoms with Crippen LogP contribution in [0.5, 0.6) is 11.5 Å². The summed E-state index contributed by atoms with van der Waals surface area (Å²) in [4.78, 5) is 31.2. The summed E-state index contributed by atoms with van der Waals surface area (Å²) in [7, 11) is 0. The van der Waals surface area contributed by atoms with Crippen LogP contribution in [-0.2, 0) is 4.79 Å². The smallest absolute Gasteiger partial charge is 0.263 e. The predicted molar refractivity (Wildman–Crippen MR) is 136 cm³/mol. The van der Waals surface area contributed by atoms with E-state index >= 15 is 0 Å². The van der Waals surface area contributed by atoms with Crippen LogP contribution >= 0.6 is 11.3 Å². The zero-order valence-corrected chi connectivity index (χ0v) is 19.5. The number of rotatable bonds is 6. The van der Waals surface area contributed by atoms with Crippen molar-refractivity contribution in [3.63, 3.8) is 0 Å². The summed E-state index contributed by atoms with van der Waals surface area (Å²) in [6.07, 6.45) is 1.39. The number of hydrogen-bond acceptors (Lipinski definition) is 5. The lowest BCUT2D eigenvalue weighted by Gasteiger charge is -2.15. The highest BCUT2D eigenvalue weighted by Gasteiger charge is 2.20. The first-order chi connectivity index (χ1) is 17.0. The number of fused-ring (bicyclic) bond motifs is 1. The van der Waals surface area contributed by atoms with Gasteiger partial charge in [0.15, 0.2) is 0 Å². The molecule has 35 heavy (non-hydrogen) atoms. The van der Waals surface area contributed by atoms with E-state index in [1.807, 2.05) is 35.7 Å². The first-order valence-electron chi connectivity index (χ1n) is 10.9. The number of nitrogens with zero attached hydrogens (tertiary/aromatic N) is 2. The Bertz CT molecular complexity index is 1550. The molecule has 0 aliphatic carbocycles. The van der Waals surface area contributed by atoms with Crippen LogP contribution in [0.1, 0.15) is 13.0 Å². The molecular weight excluding hydrogens is 465 g/mol. The molecule has 0 bridgehead atoms. The quantitative estimate of drug-likeness (QED) is 0.308. The minimum Gasteiger partial charge on any atom is -0.457 e. The highest BCUT2D eigenvalue weighted by Crippen LogP contribution is 2.31. The van der Waals surface area contributed by atoms with Crippen LogP contribution in [0.15, 0.2) is 95.4 Å². The summed E-state index contributed by atoms with van der Waals surface area (Å²) in [6.45, 7) is 1.64. The van der Waals surface area contributed by atoms with Gasteiger partial charge in [-0.15, -0.1) is 11.3 Å². The molecule has 8 heteroatoms. The van der Waals surface area contributed by atoms with Crippen molar-refractivity contribution in [3.8, 4) is 22.6 Å². The van der Waals surface area contributed by atoms with E-state index in [1.54, 1.807) is 43.3 Å². The lowest BCUT2D eigenvalue weighted by Crippen LogP contribution is -2.31. The first kappa shape index (κ1) is 22.5. The van der Waals surface area contributed by atoms with Gasteiger partial charge in [-0.3, -0.25) is 14.2 Å². The number of benzene rings is 3. The van der Waals surface area contributed by atoms with Crippen molar-refractivity contribution < 1.29 is 13.9 Å². The topological polar surface area (TPSA) is 73.2 Å². The number of ether oxygens (including phenoxy) is 1. The molecule has 0 spiro atoms. The molecule has 0 aliphatic heterocycles. The maximum absolute atomic E-state index is 13.4. The summed E-state index contributed by atoms with van der Waals surface area (Å²) in [5.74, 6) is 0.643. The van der Waals surface area contributed by atoms with Crippen LogP contribution in [0, 0.1) is 5.82 Å². The minimum absolute atomic E-state index is 0.329. The van der Waals surface area contributed by atoms with Crippen molar-refractivity contribution in [3.05, 3.63) is 107 Å². The van der Waals surface area contributed by atoms with E-state index < -0.39 is 6.04 Å². The number of carbonyl (C=O) groups is 1. The number of carbonyl (C=O) groups excluding carboxylic acids is 1. The van der Waals surface area contributed by atoms with E-state index in [0.717, 1.165) is 0 Å². The van der Waals surface area contributed by atoms with Gasteiger partial charge in [0, 0.05) is 16.6 Å². The van der Waals surface area contributed by atoms with Gasteiger partial charge >= 0.3 is 0 Å². The summed E-state index contributed by atoms with van der Waals surface area (Å²) in [6, 6.07) is 21.5. The zero-order valence-electron chi connectivity index (χ0n) is 18.6. The molecule has 0 saturated heterocycles. The van der Waals surface area contributed by atoms with Gasteiger partial charge < -0.3 is 10.1 Å². The number of aromatic nitrogens is 2. The fourth-order valence-corrected chi connectivity index (χ4v) is 4.57. The van der Waals surface area contributed by atoms with Crippen molar-refractivity contribution in [1.82, 2.24) is 9.55 Å². The molecule has 1 amide bonds. The molecule has 0 fully saturated rings. The van der Waals surface area contributed by atoms with Crippen molar-refractivity contribution in [2.75, 3.05) is 5.32 Å². The van der Waals surface area contributed by atoms with Crippen molar-refractivity contribution in [1.29, 1.82) is 0 Å². The van der Waals surface area contributed by atoms with E-state index in [1.165, 1.54) is 34.4 Å². The van der Waals surface area contributed by atoms with Gasteiger partial charge in [0.25, 0.3) is 5.56 Å². The van der Waals surface area contributed by atoms with Gasteiger partial charge in [-0.1, -0.05) is 30.3 Å². The molecule has 5 rings (SSSR count). The van der Waals surface area contributed by atoms with E-state index in [4.69, 9.17) is 4.74 Å². The predicted octanol–water partition coefficient (Wildman–Crippen LogP) is 6.26. The maximum atomic E-state index is 13.4. The largest absolute Gasteiger partial charge is 0.457 e. The Morgan fingerprint density at radius 2 is 1.69 bits per heavy atom. The number of para-hydroxylation sites is 1. The van der Waals surface area contributed by atoms with E-state index in [9.17, 15) is 14.0 Å². The molecule has 174 valence electrons. The molecule has 0 radical (unpaired) electrons. The number of hydrogen-bond donors (Lipinski definition) is 1. The van der Waals surface area contributed by atoms with Gasteiger partial charge in [0.05, 0.1) is 11.7 Å². The molecule has 1 N–H and O–H groups in total. The highest BCUT2D eigenvalue weighted by molar-refractivity contribution is 7.17. The fourth-order valence-electron chi connectivity index (χ4n) is 3.67. The normalized spacial score (nSPS) is 11.8. The van der Waals surface area contributed by atoms with E-state index in [0.29, 0.717) is 38.5 Å². The fraction of sp³-hybridized carbons (Fsp3) is 0.0741. The van der Waals surface area contributed by atoms with Gasteiger partial charge in [-0.25, -0.2) is 9.37 Å². The molecule has 0 saturated carbocycles. The Balaban J connectivity index is 1.36. The van der Waals surface area contributed by atoms with E-state index in [-0.39, 0.29) is 17.3 Å². The number of nitrogens with one attached hydrogen (secondary N) is 1. The minimum atomic E-state index is -0.805. The summed E-state index contributed by atoms with van der Waals surface area (Å²) >= 11 is 1.33. The Labute approximate surface area is 204 Å². The van der Waals surface area contributed by atoms with Crippen LogP contribution in [0.2, 0.25) is 0 Å². The van der Waals surface area contributed by atoms with Crippen molar-refractivity contribution in [2.45, 2.75) is 13.0 Å². The molecule has 1 atom stereocenters. The van der Waals surface area contributed by atoms with Gasteiger partial charge in [0.1, 0.15) is 28.2 Å². The lowest BCUT2D eigenvalue weighted by atomic mass is 10.1. The van der Waals surface area contributed by atoms with Crippen LogP contribution in [-0.4, -0.2) is 15.5 Å². The summed E-state index contributed by atoms with van der Waals surface area (Å²) in [5, 5.41) is 5.06. The number of thiophene rings is 1. The second kappa shape index (κ2) is 9.52. The molecule has 6 nitrogen and oxygen atoms in total. The van der Waals surface area contributed by atoms with E-state index in [2.05, 4.69) is 10.3 Å².